The van der Waals surface area contributed by atoms with E-state index in [1.165, 1.54) is 6.42 Å². The summed E-state index contributed by atoms with van der Waals surface area (Å²) in [5.41, 5.74) is 0. The Hall–Kier alpha value is -0.810. The van der Waals surface area contributed by atoms with Crippen molar-refractivity contribution in [1.29, 1.82) is 0 Å². The zero-order chi connectivity index (χ0) is 15.1. The van der Waals surface area contributed by atoms with Crippen LogP contribution in [-0.4, -0.2) is 41.6 Å². The second-order valence-corrected chi connectivity index (χ2v) is 6.08. The Labute approximate surface area is 131 Å². The SMILES string of the molecule is OC(CNC1CCCCCC1O)COc1cccc(Cl)c1. The second kappa shape index (κ2) is 8.59. The van der Waals surface area contributed by atoms with Crippen LogP contribution >= 0.6 is 11.6 Å². The molecule has 1 aliphatic rings. The topological polar surface area (TPSA) is 61.7 Å². The van der Waals surface area contributed by atoms with Gasteiger partial charge in [-0.2, -0.15) is 0 Å². The zero-order valence-electron chi connectivity index (χ0n) is 12.2. The number of aliphatic hydroxyl groups excluding tert-OH is 2. The van der Waals surface area contributed by atoms with E-state index in [0.717, 1.165) is 25.7 Å². The van der Waals surface area contributed by atoms with Crippen molar-refractivity contribution in [2.24, 2.45) is 0 Å². The monoisotopic (exact) mass is 313 g/mol. The lowest BCUT2D eigenvalue weighted by molar-refractivity contribution is 0.0820. The minimum atomic E-state index is -0.612. The van der Waals surface area contributed by atoms with E-state index in [1.54, 1.807) is 18.2 Å². The van der Waals surface area contributed by atoms with E-state index >= 15 is 0 Å². The normalized spacial score (nSPS) is 24.3. The third kappa shape index (κ3) is 5.83. The van der Waals surface area contributed by atoms with Crippen molar-refractivity contribution in [3.63, 3.8) is 0 Å². The molecule has 0 aliphatic heterocycles. The van der Waals surface area contributed by atoms with Gasteiger partial charge in [-0.25, -0.2) is 0 Å². The molecule has 3 unspecified atom stereocenters. The molecule has 2 rings (SSSR count). The number of hydrogen-bond donors (Lipinski definition) is 3. The molecule has 1 aliphatic carbocycles. The number of rotatable bonds is 6. The molecule has 0 radical (unpaired) electrons. The van der Waals surface area contributed by atoms with Gasteiger partial charge in [-0.15, -0.1) is 0 Å². The molecule has 0 amide bonds. The number of hydrogen-bond acceptors (Lipinski definition) is 4. The van der Waals surface area contributed by atoms with Crippen LogP contribution in [0, 0.1) is 0 Å². The average Bonchev–Trinajstić information content (AvgIpc) is 2.67. The summed E-state index contributed by atoms with van der Waals surface area (Å²) in [6, 6.07) is 7.19. The van der Waals surface area contributed by atoms with Crippen LogP contribution in [0.2, 0.25) is 5.02 Å². The number of benzene rings is 1. The summed E-state index contributed by atoms with van der Waals surface area (Å²) in [6.45, 7) is 0.623. The molecule has 1 saturated carbocycles. The van der Waals surface area contributed by atoms with E-state index in [1.807, 2.05) is 6.07 Å². The van der Waals surface area contributed by atoms with Gasteiger partial charge in [0, 0.05) is 17.6 Å². The molecule has 0 spiro atoms. The zero-order valence-corrected chi connectivity index (χ0v) is 12.9. The van der Waals surface area contributed by atoms with Crippen molar-refractivity contribution in [3.05, 3.63) is 29.3 Å². The smallest absolute Gasteiger partial charge is 0.120 e. The summed E-state index contributed by atoms with van der Waals surface area (Å²) in [6.07, 6.45) is 4.27. The van der Waals surface area contributed by atoms with E-state index in [-0.39, 0.29) is 18.8 Å². The largest absolute Gasteiger partial charge is 0.491 e. The summed E-state index contributed by atoms with van der Waals surface area (Å²) >= 11 is 5.87. The molecule has 1 fully saturated rings. The van der Waals surface area contributed by atoms with E-state index in [2.05, 4.69) is 5.32 Å². The molecular formula is C16H24ClNO3. The van der Waals surface area contributed by atoms with Gasteiger partial charge in [0.25, 0.3) is 0 Å². The lowest BCUT2D eigenvalue weighted by atomic mass is 10.1. The minimum absolute atomic E-state index is 0.0771. The summed E-state index contributed by atoms with van der Waals surface area (Å²) < 4.78 is 5.50. The molecule has 1 aromatic rings. The first kappa shape index (κ1) is 16.6. The van der Waals surface area contributed by atoms with Crippen molar-refractivity contribution >= 4 is 11.6 Å². The Morgan fingerprint density at radius 3 is 2.90 bits per heavy atom. The van der Waals surface area contributed by atoms with Gasteiger partial charge in [-0.3, -0.25) is 0 Å². The highest BCUT2D eigenvalue weighted by Crippen LogP contribution is 2.19. The lowest BCUT2D eigenvalue weighted by Crippen LogP contribution is -2.44. The third-order valence-electron chi connectivity index (χ3n) is 3.83. The number of halogens is 1. The van der Waals surface area contributed by atoms with Gasteiger partial charge in [-0.1, -0.05) is 36.9 Å². The number of aliphatic hydroxyl groups is 2. The fourth-order valence-electron chi connectivity index (χ4n) is 2.62. The Morgan fingerprint density at radius 2 is 2.10 bits per heavy atom. The lowest BCUT2D eigenvalue weighted by Gasteiger charge is -2.23. The molecule has 5 heteroatoms. The summed E-state index contributed by atoms with van der Waals surface area (Å²) in [7, 11) is 0. The number of ether oxygens (including phenoxy) is 1. The molecule has 4 nitrogen and oxygen atoms in total. The molecule has 3 N–H and O–H groups in total. The fourth-order valence-corrected chi connectivity index (χ4v) is 2.80. The van der Waals surface area contributed by atoms with Gasteiger partial charge in [0.15, 0.2) is 0 Å². The fraction of sp³-hybridized carbons (Fsp3) is 0.625. The molecule has 0 aromatic heterocycles. The van der Waals surface area contributed by atoms with Gasteiger partial charge in [0.2, 0.25) is 0 Å². The Morgan fingerprint density at radius 1 is 1.29 bits per heavy atom. The number of nitrogens with one attached hydrogen (secondary N) is 1. The predicted octanol–water partition coefficient (Wildman–Crippen LogP) is 2.36. The van der Waals surface area contributed by atoms with Gasteiger partial charge in [0.1, 0.15) is 18.5 Å². The van der Waals surface area contributed by atoms with E-state index in [0.29, 0.717) is 17.3 Å². The predicted molar refractivity (Wildman–Crippen MR) is 83.8 cm³/mol. The highest BCUT2D eigenvalue weighted by atomic mass is 35.5. The summed E-state index contributed by atoms with van der Waals surface area (Å²) in [5, 5.41) is 23.8. The molecule has 0 bridgehead atoms. The minimum Gasteiger partial charge on any atom is -0.491 e. The second-order valence-electron chi connectivity index (χ2n) is 5.64. The van der Waals surface area contributed by atoms with Gasteiger partial charge < -0.3 is 20.3 Å². The first-order chi connectivity index (χ1) is 10.1. The maximum atomic E-state index is 10.0. The van der Waals surface area contributed by atoms with Crippen molar-refractivity contribution < 1.29 is 14.9 Å². The van der Waals surface area contributed by atoms with Crippen LogP contribution in [0.4, 0.5) is 0 Å². The first-order valence-electron chi connectivity index (χ1n) is 7.63. The molecule has 0 heterocycles. The van der Waals surface area contributed by atoms with Gasteiger partial charge in [-0.05, 0) is 31.0 Å². The van der Waals surface area contributed by atoms with Crippen LogP contribution in [0.1, 0.15) is 32.1 Å². The van der Waals surface area contributed by atoms with E-state index < -0.39 is 6.10 Å². The van der Waals surface area contributed by atoms with Crippen LogP contribution in [0.25, 0.3) is 0 Å². The van der Waals surface area contributed by atoms with Crippen LogP contribution in [0.15, 0.2) is 24.3 Å². The van der Waals surface area contributed by atoms with E-state index in [4.69, 9.17) is 16.3 Å². The quantitative estimate of drug-likeness (QED) is 0.706. The Balaban J connectivity index is 1.70. The summed E-state index contributed by atoms with van der Waals surface area (Å²) in [5.74, 6) is 0.649. The van der Waals surface area contributed by atoms with E-state index in [9.17, 15) is 10.2 Å². The molecule has 1 aromatic carbocycles. The Bertz CT molecular complexity index is 430. The maximum Gasteiger partial charge on any atom is 0.120 e. The standard InChI is InChI=1S/C16H24ClNO3/c17-12-5-4-6-14(9-12)21-11-13(19)10-18-15-7-2-1-3-8-16(15)20/h4-6,9,13,15-16,18-20H,1-3,7-8,10-11H2. The maximum absolute atomic E-state index is 10.0. The van der Waals surface area contributed by atoms with Crippen LogP contribution in [0.5, 0.6) is 5.75 Å². The first-order valence-corrected chi connectivity index (χ1v) is 8.01. The highest BCUT2D eigenvalue weighted by Gasteiger charge is 2.21. The Kier molecular flexibility index (Phi) is 6.77. The van der Waals surface area contributed by atoms with Crippen LogP contribution < -0.4 is 10.1 Å². The third-order valence-corrected chi connectivity index (χ3v) is 4.07. The van der Waals surface area contributed by atoms with Crippen molar-refractivity contribution in [1.82, 2.24) is 5.32 Å². The summed E-state index contributed by atoms with van der Waals surface area (Å²) in [4.78, 5) is 0. The van der Waals surface area contributed by atoms with Crippen molar-refractivity contribution in [2.75, 3.05) is 13.2 Å². The average molecular weight is 314 g/mol. The molecule has 0 saturated heterocycles. The molecule has 21 heavy (non-hydrogen) atoms. The van der Waals surface area contributed by atoms with Gasteiger partial charge >= 0.3 is 0 Å². The van der Waals surface area contributed by atoms with Crippen molar-refractivity contribution in [3.8, 4) is 5.75 Å². The van der Waals surface area contributed by atoms with Crippen LogP contribution in [0.3, 0.4) is 0 Å². The molecule has 3 atom stereocenters. The van der Waals surface area contributed by atoms with Crippen molar-refractivity contribution in [2.45, 2.75) is 50.4 Å². The van der Waals surface area contributed by atoms with Gasteiger partial charge in [0.05, 0.1) is 6.10 Å². The molecule has 118 valence electrons. The van der Waals surface area contributed by atoms with Crippen LogP contribution in [-0.2, 0) is 0 Å². The molecular weight excluding hydrogens is 290 g/mol. The highest BCUT2D eigenvalue weighted by molar-refractivity contribution is 6.30.